The van der Waals surface area contributed by atoms with Gasteiger partial charge in [-0.3, -0.25) is 4.68 Å². The van der Waals surface area contributed by atoms with Gasteiger partial charge in [-0.2, -0.15) is 5.10 Å². The van der Waals surface area contributed by atoms with Gasteiger partial charge in [-0.25, -0.2) is 0 Å². The van der Waals surface area contributed by atoms with Crippen molar-refractivity contribution in [3.8, 4) is 5.75 Å². The van der Waals surface area contributed by atoms with Crippen LogP contribution in [0.15, 0.2) is 24.3 Å². The summed E-state index contributed by atoms with van der Waals surface area (Å²) in [7, 11) is 0. The van der Waals surface area contributed by atoms with Crippen molar-refractivity contribution in [1.29, 1.82) is 0 Å². The van der Waals surface area contributed by atoms with Crippen LogP contribution in [0, 0.1) is 6.92 Å². The largest absolute Gasteiger partial charge is 0.487 e. The van der Waals surface area contributed by atoms with E-state index in [-0.39, 0.29) is 0 Å². The van der Waals surface area contributed by atoms with Crippen LogP contribution in [0.3, 0.4) is 0 Å². The lowest BCUT2D eigenvalue weighted by molar-refractivity contribution is 0.289. The van der Waals surface area contributed by atoms with Gasteiger partial charge in [0, 0.05) is 18.7 Å². The number of hydrogen-bond acceptors (Lipinski definition) is 3. The molecular weight excluding hydrogens is 286 g/mol. The van der Waals surface area contributed by atoms with Gasteiger partial charge in [-0.05, 0) is 26.5 Å². The monoisotopic (exact) mass is 307 g/mol. The van der Waals surface area contributed by atoms with Crippen LogP contribution < -0.4 is 10.1 Å². The summed E-state index contributed by atoms with van der Waals surface area (Å²) < 4.78 is 7.87. The molecule has 2 aromatic rings. The van der Waals surface area contributed by atoms with Crippen LogP contribution in [0.25, 0.3) is 0 Å². The first-order valence-corrected chi connectivity index (χ1v) is 7.68. The normalized spacial score (nSPS) is 10.9. The van der Waals surface area contributed by atoms with E-state index in [0.29, 0.717) is 11.6 Å². The standard InChI is InChI=1S/C16H22ClN3O/c1-4-18-10-13-8-6-7-9-15(13)21-11-14-16(17)12(3)19-20(14)5-2/h6-9,18H,4-5,10-11H2,1-3H3. The third kappa shape index (κ3) is 3.77. The first kappa shape index (κ1) is 15.9. The maximum Gasteiger partial charge on any atom is 0.131 e. The molecule has 0 radical (unpaired) electrons. The number of nitrogens with one attached hydrogen (secondary N) is 1. The molecule has 1 N–H and O–H groups in total. The summed E-state index contributed by atoms with van der Waals surface area (Å²) in [5.74, 6) is 0.885. The van der Waals surface area contributed by atoms with E-state index in [0.717, 1.165) is 42.3 Å². The average Bonchev–Trinajstić information content (AvgIpc) is 2.78. The predicted octanol–water partition coefficient (Wildman–Crippen LogP) is 3.55. The fraction of sp³-hybridized carbons (Fsp3) is 0.438. The van der Waals surface area contributed by atoms with Gasteiger partial charge in [-0.15, -0.1) is 0 Å². The number of nitrogens with zero attached hydrogens (tertiary/aromatic N) is 2. The highest BCUT2D eigenvalue weighted by molar-refractivity contribution is 6.31. The van der Waals surface area contributed by atoms with E-state index < -0.39 is 0 Å². The number of aryl methyl sites for hydroxylation is 2. The Labute approximate surface area is 131 Å². The summed E-state index contributed by atoms with van der Waals surface area (Å²) in [5, 5.41) is 8.42. The molecule has 1 heterocycles. The van der Waals surface area contributed by atoms with Crippen LogP contribution in [-0.2, 0) is 19.7 Å². The molecule has 0 unspecified atom stereocenters. The second-order valence-electron chi connectivity index (χ2n) is 4.84. The minimum absolute atomic E-state index is 0.427. The Morgan fingerprint density at radius 2 is 2.05 bits per heavy atom. The molecule has 0 fully saturated rings. The summed E-state index contributed by atoms with van der Waals surface area (Å²) in [6, 6.07) is 8.06. The SMILES string of the molecule is CCNCc1ccccc1OCc1c(Cl)c(C)nn1CC. The Balaban J connectivity index is 2.13. The van der Waals surface area contributed by atoms with E-state index in [4.69, 9.17) is 16.3 Å². The molecule has 4 nitrogen and oxygen atoms in total. The second kappa shape index (κ2) is 7.48. The number of halogens is 1. The molecule has 21 heavy (non-hydrogen) atoms. The smallest absolute Gasteiger partial charge is 0.131 e. The zero-order valence-electron chi connectivity index (χ0n) is 12.8. The Bertz CT molecular complexity index is 595. The predicted molar refractivity (Wildman–Crippen MR) is 85.8 cm³/mol. The van der Waals surface area contributed by atoms with Crippen LogP contribution >= 0.6 is 11.6 Å². The zero-order valence-corrected chi connectivity index (χ0v) is 13.6. The number of ether oxygens (including phenoxy) is 1. The highest BCUT2D eigenvalue weighted by atomic mass is 35.5. The lowest BCUT2D eigenvalue weighted by Crippen LogP contribution is -2.13. The van der Waals surface area contributed by atoms with Crippen LogP contribution in [0.1, 0.15) is 30.8 Å². The van der Waals surface area contributed by atoms with E-state index in [1.807, 2.05) is 36.7 Å². The van der Waals surface area contributed by atoms with Crippen molar-refractivity contribution >= 4 is 11.6 Å². The van der Waals surface area contributed by atoms with Gasteiger partial charge < -0.3 is 10.1 Å². The maximum absolute atomic E-state index is 6.31. The van der Waals surface area contributed by atoms with Crippen LogP contribution in [-0.4, -0.2) is 16.3 Å². The topological polar surface area (TPSA) is 39.1 Å². The Kier molecular flexibility index (Phi) is 5.65. The molecule has 0 aliphatic heterocycles. The summed E-state index contributed by atoms with van der Waals surface area (Å²) in [5.41, 5.74) is 2.92. The van der Waals surface area contributed by atoms with Gasteiger partial charge in [-0.1, -0.05) is 36.7 Å². The van der Waals surface area contributed by atoms with Gasteiger partial charge >= 0.3 is 0 Å². The third-order valence-electron chi connectivity index (χ3n) is 3.36. The molecule has 1 aromatic heterocycles. The van der Waals surface area contributed by atoms with Gasteiger partial charge in [0.25, 0.3) is 0 Å². The zero-order chi connectivity index (χ0) is 15.2. The summed E-state index contributed by atoms with van der Waals surface area (Å²) in [6.45, 7) is 8.99. The minimum Gasteiger partial charge on any atom is -0.487 e. The Hall–Kier alpha value is -1.52. The molecule has 1 aromatic carbocycles. The van der Waals surface area contributed by atoms with Gasteiger partial charge in [0.2, 0.25) is 0 Å². The molecule has 0 saturated carbocycles. The van der Waals surface area contributed by atoms with E-state index in [9.17, 15) is 0 Å². The molecular formula is C16H22ClN3O. The van der Waals surface area contributed by atoms with Crippen molar-refractivity contribution in [2.24, 2.45) is 0 Å². The fourth-order valence-electron chi connectivity index (χ4n) is 2.20. The third-order valence-corrected chi connectivity index (χ3v) is 3.85. The highest BCUT2D eigenvalue weighted by Crippen LogP contribution is 2.24. The van der Waals surface area contributed by atoms with Crippen molar-refractivity contribution in [2.45, 2.75) is 40.5 Å². The molecule has 2 rings (SSSR count). The lowest BCUT2D eigenvalue weighted by Gasteiger charge is -2.12. The number of rotatable bonds is 7. The van der Waals surface area contributed by atoms with Gasteiger partial charge in [0.1, 0.15) is 12.4 Å². The molecule has 5 heteroatoms. The van der Waals surface area contributed by atoms with Crippen molar-refractivity contribution < 1.29 is 4.74 Å². The molecule has 0 aliphatic carbocycles. The van der Waals surface area contributed by atoms with Crippen LogP contribution in [0.4, 0.5) is 0 Å². The molecule has 0 bridgehead atoms. The molecule has 0 aliphatic rings. The Morgan fingerprint density at radius 1 is 1.29 bits per heavy atom. The van der Waals surface area contributed by atoms with E-state index >= 15 is 0 Å². The van der Waals surface area contributed by atoms with Crippen LogP contribution in [0.2, 0.25) is 5.02 Å². The maximum atomic E-state index is 6.31. The first-order valence-electron chi connectivity index (χ1n) is 7.30. The molecule has 0 spiro atoms. The number of para-hydroxylation sites is 1. The number of aromatic nitrogens is 2. The van der Waals surface area contributed by atoms with Crippen molar-refractivity contribution in [2.75, 3.05) is 6.54 Å². The van der Waals surface area contributed by atoms with Gasteiger partial charge in [0.15, 0.2) is 0 Å². The van der Waals surface area contributed by atoms with Crippen molar-refractivity contribution in [1.82, 2.24) is 15.1 Å². The average molecular weight is 308 g/mol. The van der Waals surface area contributed by atoms with E-state index in [1.165, 1.54) is 0 Å². The number of benzene rings is 1. The second-order valence-corrected chi connectivity index (χ2v) is 5.22. The number of hydrogen-bond donors (Lipinski definition) is 1. The highest BCUT2D eigenvalue weighted by Gasteiger charge is 2.13. The Morgan fingerprint density at radius 3 is 2.76 bits per heavy atom. The lowest BCUT2D eigenvalue weighted by atomic mass is 10.2. The van der Waals surface area contributed by atoms with Crippen molar-refractivity contribution in [3.63, 3.8) is 0 Å². The van der Waals surface area contributed by atoms with Crippen molar-refractivity contribution in [3.05, 3.63) is 46.2 Å². The molecule has 0 amide bonds. The summed E-state index contributed by atoms with van der Waals surface area (Å²) in [4.78, 5) is 0. The van der Waals surface area contributed by atoms with Gasteiger partial charge in [0.05, 0.1) is 16.4 Å². The first-order chi connectivity index (χ1) is 10.2. The fourth-order valence-corrected chi connectivity index (χ4v) is 2.39. The van der Waals surface area contributed by atoms with E-state index in [1.54, 1.807) is 0 Å². The summed E-state index contributed by atoms with van der Waals surface area (Å²) in [6.07, 6.45) is 0. The molecule has 114 valence electrons. The quantitative estimate of drug-likeness (QED) is 0.850. The molecule has 0 atom stereocenters. The summed E-state index contributed by atoms with van der Waals surface area (Å²) >= 11 is 6.31. The minimum atomic E-state index is 0.427. The molecule has 0 saturated heterocycles. The van der Waals surface area contributed by atoms with E-state index in [2.05, 4.69) is 23.4 Å². The van der Waals surface area contributed by atoms with Crippen LogP contribution in [0.5, 0.6) is 5.75 Å².